The van der Waals surface area contributed by atoms with Crippen molar-refractivity contribution in [1.82, 2.24) is 20.3 Å². The van der Waals surface area contributed by atoms with Gasteiger partial charge in [0.2, 0.25) is 0 Å². The Kier molecular flexibility index (Phi) is 6.03. The van der Waals surface area contributed by atoms with Crippen molar-refractivity contribution in [2.45, 2.75) is 18.7 Å². The van der Waals surface area contributed by atoms with E-state index in [-0.39, 0.29) is 5.75 Å². The molecular formula is C21H27N5O3S. The average Bonchev–Trinajstić information content (AvgIpc) is 2.90. The van der Waals surface area contributed by atoms with Crippen molar-refractivity contribution in [3.05, 3.63) is 41.6 Å². The molecule has 1 aliphatic rings. The van der Waals surface area contributed by atoms with Gasteiger partial charge in [0.15, 0.2) is 9.84 Å². The van der Waals surface area contributed by atoms with E-state index in [0.29, 0.717) is 12.3 Å². The van der Waals surface area contributed by atoms with Crippen LogP contribution >= 0.6 is 0 Å². The predicted octanol–water partition coefficient (Wildman–Crippen LogP) is 2.12. The Morgan fingerprint density at radius 2 is 2.00 bits per heavy atom. The number of aromatic amines is 1. The number of hydrogen-bond acceptors (Lipinski definition) is 7. The van der Waals surface area contributed by atoms with Gasteiger partial charge in [-0.1, -0.05) is 0 Å². The van der Waals surface area contributed by atoms with Crippen molar-refractivity contribution < 1.29 is 13.2 Å². The van der Waals surface area contributed by atoms with Gasteiger partial charge < -0.3 is 19.9 Å². The summed E-state index contributed by atoms with van der Waals surface area (Å²) in [5.74, 6) is 0.738. The number of anilines is 1. The first-order chi connectivity index (χ1) is 14.4. The van der Waals surface area contributed by atoms with Crippen molar-refractivity contribution in [1.29, 1.82) is 0 Å². The van der Waals surface area contributed by atoms with E-state index in [1.807, 2.05) is 37.4 Å². The van der Waals surface area contributed by atoms with Gasteiger partial charge >= 0.3 is 0 Å². The highest BCUT2D eigenvalue weighted by atomic mass is 32.2. The summed E-state index contributed by atoms with van der Waals surface area (Å²) in [4.78, 5) is 15.1. The van der Waals surface area contributed by atoms with E-state index < -0.39 is 9.84 Å². The van der Waals surface area contributed by atoms with Crippen LogP contribution in [0.15, 0.2) is 30.3 Å². The first kappa shape index (κ1) is 20.8. The molecule has 4 heterocycles. The first-order valence-electron chi connectivity index (χ1n) is 10.1. The largest absolute Gasteiger partial charge is 0.380 e. The molecule has 4 rings (SSSR count). The lowest BCUT2D eigenvalue weighted by Crippen LogP contribution is -2.27. The quantitative estimate of drug-likeness (QED) is 0.619. The van der Waals surface area contributed by atoms with Crippen LogP contribution in [-0.4, -0.2) is 63.0 Å². The number of rotatable bonds is 6. The summed E-state index contributed by atoms with van der Waals surface area (Å²) in [6, 6.07) is 9.62. The molecular weight excluding hydrogens is 402 g/mol. The molecule has 8 nitrogen and oxygen atoms in total. The summed E-state index contributed by atoms with van der Waals surface area (Å²) in [6.45, 7) is 3.65. The fourth-order valence-electron chi connectivity index (χ4n) is 3.72. The second-order valence-corrected chi connectivity index (χ2v) is 9.84. The summed E-state index contributed by atoms with van der Waals surface area (Å²) in [6.07, 6.45) is 2.16. The Morgan fingerprint density at radius 3 is 2.80 bits per heavy atom. The molecule has 0 radical (unpaired) electrons. The van der Waals surface area contributed by atoms with Crippen molar-refractivity contribution >= 4 is 26.7 Å². The van der Waals surface area contributed by atoms with Crippen LogP contribution in [0.4, 0.5) is 5.82 Å². The zero-order valence-electron chi connectivity index (χ0n) is 17.3. The average molecular weight is 430 g/mol. The number of nitrogens with one attached hydrogen (secondary N) is 2. The van der Waals surface area contributed by atoms with Crippen LogP contribution in [-0.2, 0) is 26.9 Å². The number of pyridine rings is 2. The van der Waals surface area contributed by atoms with Crippen LogP contribution in [0, 0.1) is 0 Å². The van der Waals surface area contributed by atoms with Crippen LogP contribution in [0.1, 0.15) is 17.7 Å². The van der Waals surface area contributed by atoms with E-state index in [1.54, 1.807) is 0 Å². The van der Waals surface area contributed by atoms with E-state index in [2.05, 4.69) is 15.2 Å². The number of sulfone groups is 1. The fraction of sp³-hybridized carbons (Fsp3) is 0.429. The molecule has 9 heteroatoms. The molecule has 0 saturated carbocycles. The molecule has 0 amide bonds. The predicted molar refractivity (Wildman–Crippen MR) is 118 cm³/mol. The second kappa shape index (κ2) is 8.71. The Balaban J connectivity index is 1.76. The molecule has 0 unspecified atom stereocenters. The van der Waals surface area contributed by atoms with E-state index in [9.17, 15) is 8.42 Å². The minimum absolute atomic E-state index is 0.0292. The lowest BCUT2D eigenvalue weighted by atomic mass is 10.1. The second-order valence-electron chi connectivity index (χ2n) is 7.70. The number of H-pyrrole nitrogens is 1. The van der Waals surface area contributed by atoms with Gasteiger partial charge in [-0.3, -0.25) is 0 Å². The van der Waals surface area contributed by atoms with Crippen LogP contribution in [0.3, 0.4) is 0 Å². The topological polar surface area (TPSA) is 100 Å². The highest BCUT2D eigenvalue weighted by Crippen LogP contribution is 2.26. The summed E-state index contributed by atoms with van der Waals surface area (Å²) in [5, 5.41) is 3.13. The molecule has 0 atom stereocenters. The van der Waals surface area contributed by atoms with E-state index in [4.69, 9.17) is 14.7 Å². The minimum atomic E-state index is -3.17. The van der Waals surface area contributed by atoms with Gasteiger partial charge in [-0.25, -0.2) is 18.4 Å². The Bertz CT molecular complexity index is 1130. The van der Waals surface area contributed by atoms with E-state index >= 15 is 0 Å². The smallest absolute Gasteiger partial charge is 0.151 e. The highest BCUT2D eigenvalue weighted by Gasteiger charge is 2.17. The third kappa shape index (κ3) is 4.97. The third-order valence-corrected chi connectivity index (χ3v) is 5.86. The Morgan fingerprint density at radius 1 is 1.13 bits per heavy atom. The molecule has 1 aliphatic heterocycles. The van der Waals surface area contributed by atoms with Gasteiger partial charge in [-0.2, -0.15) is 0 Å². The maximum atomic E-state index is 12.0. The fourth-order valence-corrected chi connectivity index (χ4v) is 4.49. The van der Waals surface area contributed by atoms with Gasteiger partial charge in [0.25, 0.3) is 0 Å². The zero-order valence-corrected chi connectivity index (χ0v) is 18.1. The Labute approximate surface area is 176 Å². The Hall–Kier alpha value is -2.49. The van der Waals surface area contributed by atoms with Crippen LogP contribution < -0.4 is 10.2 Å². The molecule has 0 bridgehead atoms. The molecule has 1 saturated heterocycles. The van der Waals surface area contributed by atoms with Crippen molar-refractivity contribution in [2.75, 3.05) is 44.5 Å². The molecule has 1 fully saturated rings. The van der Waals surface area contributed by atoms with Gasteiger partial charge in [-0.05, 0) is 49.4 Å². The molecule has 3 aromatic rings. The number of aromatic nitrogens is 3. The number of nitrogens with zero attached hydrogens (tertiary/aromatic N) is 3. The van der Waals surface area contributed by atoms with Crippen molar-refractivity contribution in [2.24, 2.45) is 0 Å². The summed E-state index contributed by atoms with van der Waals surface area (Å²) < 4.78 is 29.5. The summed E-state index contributed by atoms with van der Waals surface area (Å²) in [5.41, 5.74) is 4.99. The molecule has 2 N–H and O–H groups in total. The molecule has 3 aromatic heterocycles. The minimum Gasteiger partial charge on any atom is -0.380 e. The van der Waals surface area contributed by atoms with E-state index in [1.165, 1.54) is 6.26 Å². The summed E-state index contributed by atoms with van der Waals surface area (Å²) in [7, 11) is -1.27. The van der Waals surface area contributed by atoms with Crippen LogP contribution in [0.5, 0.6) is 0 Å². The van der Waals surface area contributed by atoms with Crippen molar-refractivity contribution in [3.8, 4) is 11.4 Å². The lowest BCUT2D eigenvalue weighted by molar-refractivity contribution is 0.152. The first-order valence-corrected chi connectivity index (χ1v) is 12.1. The van der Waals surface area contributed by atoms with Gasteiger partial charge in [0.1, 0.15) is 5.82 Å². The molecule has 0 spiro atoms. The third-order valence-electron chi connectivity index (χ3n) is 5.01. The lowest BCUT2D eigenvalue weighted by Gasteiger charge is -2.22. The number of fused-ring (bicyclic) bond motifs is 1. The highest BCUT2D eigenvalue weighted by molar-refractivity contribution is 7.89. The molecule has 160 valence electrons. The van der Waals surface area contributed by atoms with Crippen LogP contribution in [0.2, 0.25) is 0 Å². The number of ether oxygens (including phenoxy) is 1. The number of hydrogen-bond donors (Lipinski definition) is 2. The zero-order chi connectivity index (χ0) is 21.1. The summed E-state index contributed by atoms with van der Waals surface area (Å²) >= 11 is 0. The monoisotopic (exact) mass is 429 g/mol. The van der Waals surface area contributed by atoms with Gasteiger partial charge in [0, 0.05) is 38.2 Å². The van der Waals surface area contributed by atoms with Gasteiger partial charge in [-0.15, -0.1) is 0 Å². The maximum absolute atomic E-state index is 12.0. The van der Waals surface area contributed by atoms with Crippen molar-refractivity contribution in [3.63, 3.8) is 0 Å². The van der Waals surface area contributed by atoms with E-state index in [0.717, 1.165) is 66.5 Å². The molecule has 0 aliphatic carbocycles. The molecule has 30 heavy (non-hydrogen) atoms. The standard InChI is InChI=1S/C21H27N5O3S/c1-22-13-16-12-20-17(23-16)4-5-18(24-20)19-10-15(14-30(2,27)28)11-21(25-19)26-6-3-8-29-9-7-26/h4-5,10-12,22-23H,3,6-9,13-14H2,1-2H3. The SMILES string of the molecule is CNCc1cc2nc(-c3cc(CS(C)(=O)=O)cc(N4CCCOCC4)n3)ccc2[nH]1. The molecule has 0 aromatic carbocycles. The van der Waals surface area contributed by atoms with Crippen LogP contribution in [0.25, 0.3) is 22.4 Å². The maximum Gasteiger partial charge on any atom is 0.151 e. The van der Waals surface area contributed by atoms with Gasteiger partial charge in [0.05, 0.1) is 34.8 Å². The normalized spacial score (nSPS) is 15.5.